The minimum atomic E-state index is -0.205. The van der Waals surface area contributed by atoms with Crippen molar-refractivity contribution in [1.82, 2.24) is 10.6 Å². The molecule has 1 aromatic carbocycles. The predicted octanol–water partition coefficient (Wildman–Crippen LogP) is 3.66. The lowest BCUT2D eigenvalue weighted by Crippen LogP contribution is -2.50. The summed E-state index contributed by atoms with van der Waals surface area (Å²) in [5, 5.41) is 7.87. The fourth-order valence-electron chi connectivity index (χ4n) is 3.00. The summed E-state index contributed by atoms with van der Waals surface area (Å²) in [4.78, 5) is 15.2. The summed E-state index contributed by atoms with van der Waals surface area (Å²) in [5.74, 6) is -0.205. The van der Waals surface area contributed by atoms with Gasteiger partial charge in [0.05, 0.1) is 12.2 Å². The zero-order chi connectivity index (χ0) is 16.9. The molecule has 1 atom stereocenters. The number of amides is 2. The van der Waals surface area contributed by atoms with Crippen LogP contribution in [0.3, 0.4) is 0 Å². The summed E-state index contributed by atoms with van der Waals surface area (Å²) in [6.07, 6.45) is 1.85. The number of halogens is 1. The van der Waals surface area contributed by atoms with Gasteiger partial charge in [-0.15, -0.1) is 11.3 Å². The van der Waals surface area contributed by atoms with Gasteiger partial charge in [0.1, 0.15) is 5.82 Å². The first-order valence-electron chi connectivity index (χ1n) is 8.19. The van der Waals surface area contributed by atoms with E-state index in [9.17, 15) is 9.18 Å². The van der Waals surface area contributed by atoms with Gasteiger partial charge in [0, 0.05) is 24.0 Å². The second-order valence-corrected chi connectivity index (χ2v) is 7.18. The van der Waals surface area contributed by atoms with Crippen LogP contribution in [-0.2, 0) is 6.54 Å². The highest BCUT2D eigenvalue weighted by Crippen LogP contribution is 2.24. The third-order valence-corrected chi connectivity index (χ3v) is 5.08. The minimum Gasteiger partial charge on any atom is -0.367 e. The third kappa shape index (κ3) is 4.26. The molecular formula is C18H22FN3OS. The van der Waals surface area contributed by atoms with Gasteiger partial charge >= 0.3 is 6.03 Å². The molecule has 24 heavy (non-hydrogen) atoms. The minimum absolute atomic E-state index is 0.0296. The molecule has 0 aliphatic carbocycles. The Morgan fingerprint density at radius 2 is 2.29 bits per heavy atom. The number of rotatable bonds is 4. The van der Waals surface area contributed by atoms with Gasteiger partial charge in [-0.25, -0.2) is 9.18 Å². The summed E-state index contributed by atoms with van der Waals surface area (Å²) >= 11 is 1.62. The molecule has 4 nitrogen and oxygen atoms in total. The molecule has 1 aliphatic rings. The average Bonchev–Trinajstić information content (AvgIpc) is 3.09. The van der Waals surface area contributed by atoms with Gasteiger partial charge in [0.25, 0.3) is 0 Å². The van der Waals surface area contributed by atoms with Crippen molar-refractivity contribution in [3.05, 3.63) is 52.0 Å². The van der Waals surface area contributed by atoms with E-state index in [0.717, 1.165) is 29.8 Å². The van der Waals surface area contributed by atoms with Crippen LogP contribution in [0.4, 0.5) is 14.9 Å². The van der Waals surface area contributed by atoms with Gasteiger partial charge in [-0.2, -0.15) is 0 Å². The number of urea groups is 1. The van der Waals surface area contributed by atoms with E-state index < -0.39 is 0 Å². The molecular weight excluding hydrogens is 325 g/mol. The van der Waals surface area contributed by atoms with Gasteiger partial charge in [-0.05, 0) is 48.9 Å². The Morgan fingerprint density at radius 1 is 1.42 bits per heavy atom. The normalized spacial score (nSPS) is 17.6. The van der Waals surface area contributed by atoms with Crippen molar-refractivity contribution >= 4 is 23.1 Å². The Kier molecular flexibility index (Phi) is 5.35. The molecule has 1 saturated heterocycles. The van der Waals surface area contributed by atoms with Crippen molar-refractivity contribution in [1.29, 1.82) is 0 Å². The highest BCUT2D eigenvalue weighted by atomic mass is 32.1. The number of nitrogens with zero attached hydrogens (tertiary/aromatic N) is 1. The second kappa shape index (κ2) is 7.66. The van der Waals surface area contributed by atoms with Crippen molar-refractivity contribution in [2.24, 2.45) is 0 Å². The number of anilines is 1. The quantitative estimate of drug-likeness (QED) is 0.886. The standard InChI is InChI=1S/C18H22FN3OS/c1-13-6-7-16(19)17(10-13)22-8-2-4-14(12-22)21-18(23)20-11-15-5-3-9-24-15/h3,5-7,9-10,14H,2,4,8,11-12H2,1H3,(H2,20,21,23). The summed E-state index contributed by atoms with van der Waals surface area (Å²) in [7, 11) is 0. The van der Waals surface area contributed by atoms with Gasteiger partial charge in [-0.3, -0.25) is 0 Å². The fourth-order valence-corrected chi connectivity index (χ4v) is 3.64. The van der Waals surface area contributed by atoms with Crippen molar-refractivity contribution in [2.45, 2.75) is 32.4 Å². The SMILES string of the molecule is Cc1ccc(F)c(N2CCCC(NC(=O)NCc3cccs3)C2)c1. The molecule has 1 aliphatic heterocycles. The lowest BCUT2D eigenvalue weighted by atomic mass is 10.0. The molecule has 0 saturated carbocycles. The zero-order valence-corrected chi connectivity index (χ0v) is 14.5. The van der Waals surface area contributed by atoms with E-state index in [1.165, 1.54) is 6.07 Å². The van der Waals surface area contributed by atoms with Crippen LogP contribution in [-0.4, -0.2) is 25.2 Å². The summed E-state index contributed by atoms with van der Waals surface area (Å²) in [6.45, 7) is 3.94. The van der Waals surface area contributed by atoms with Crippen molar-refractivity contribution in [3.63, 3.8) is 0 Å². The first kappa shape index (κ1) is 16.8. The number of nitrogens with one attached hydrogen (secondary N) is 2. The molecule has 0 spiro atoms. The van der Waals surface area contributed by atoms with E-state index >= 15 is 0 Å². The number of carbonyl (C=O) groups is 1. The lowest BCUT2D eigenvalue weighted by Gasteiger charge is -2.35. The topological polar surface area (TPSA) is 44.4 Å². The third-order valence-electron chi connectivity index (χ3n) is 4.20. The van der Waals surface area contributed by atoms with Gasteiger partial charge in [0.2, 0.25) is 0 Å². The average molecular weight is 347 g/mol. The predicted molar refractivity (Wildman–Crippen MR) is 96.1 cm³/mol. The highest BCUT2D eigenvalue weighted by Gasteiger charge is 2.23. The van der Waals surface area contributed by atoms with Crippen LogP contribution in [0.1, 0.15) is 23.3 Å². The van der Waals surface area contributed by atoms with Crippen molar-refractivity contribution in [2.75, 3.05) is 18.0 Å². The number of benzene rings is 1. The summed E-state index contributed by atoms with van der Waals surface area (Å²) < 4.78 is 14.1. The van der Waals surface area contributed by atoms with Gasteiger partial charge in [-0.1, -0.05) is 12.1 Å². The smallest absolute Gasteiger partial charge is 0.315 e. The molecule has 2 heterocycles. The van der Waals surface area contributed by atoms with Crippen LogP contribution >= 0.6 is 11.3 Å². The Balaban J connectivity index is 1.55. The number of aryl methyl sites for hydroxylation is 1. The number of hydrogen-bond acceptors (Lipinski definition) is 3. The maximum atomic E-state index is 14.1. The van der Waals surface area contributed by atoms with Crippen LogP contribution in [0, 0.1) is 12.7 Å². The molecule has 2 N–H and O–H groups in total. The van der Waals surface area contributed by atoms with Crippen LogP contribution in [0.5, 0.6) is 0 Å². The molecule has 1 aromatic heterocycles. The number of thiophene rings is 1. The van der Waals surface area contributed by atoms with E-state index in [0.29, 0.717) is 18.8 Å². The Bertz CT molecular complexity index is 690. The fraction of sp³-hybridized carbons (Fsp3) is 0.389. The summed E-state index contributed by atoms with van der Waals surface area (Å²) in [5.41, 5.74) is 1.66. The van der Waals surface area contributed by atoms with Crippen molar-refractivity contribution in [3.8, 4) is 0 Å². The monoisotopic (exact) mass is 347 g/mol. The van der Waals surface area contributed by atoms with E-state index in [4.69, 9.17) is 0 Å². The molecule has 2 amide bonds. The van der Waals surface area contributed by atoms with Crippen LogP contribution in [0.25, 0.3) is 0 Å². The van der Waals surface area contributed by atoms with E-state index in [1.807, 2.05) is 35.4 Å². The molecule has 6 heteroatoms. The number of piperidine rings is 1. The lowest BCUT2D eigenvalue weighted by molar-refractivity contribution is 0.234. The molecule has 0 bridgehead atoms. The number of hydrogen-bond donors (Lipinski definition) is 2. The summed E-state index contributed by atoms with van der Waals surface area (Å²) in [6, 6.07) is 8.98. The van der Waals surface area contributed by atoms with E-state index in [1.54, 1.807) is 17.4 Å². The maximum Gasteiger partial charge on any atom is 0.315 e. The van der Waals surface area contributed by atoms with E-state index in [-0.39, 0.29) is 17.9 Å². The first-order valence-corrected chi connectivity index (χ1v) is 9.07. The maximum absolute atomic E-state index is 14.1. The molecule has 3 rings (SSSR count). The molecule has 128 valence electrons. The molecule has 0 radical (unpaired) electrons. The molecule has 2 aromatic rings. The molecule has 1 fully saturated rings. The van der Waals surface area contributed by atoms with Gasteiger partial charge in [0.15, 0.2) is 0 Å². The number of carbonyl (C=O) groups excluding carboxylic acids is 1. The van der Waals surface area contributed by atoms with Crippen LogP contribution < -0.4 is 15.5 Å². The largest absolute Gasteiger partial charge is 0.367 e. The van der Waals surface area contributed by atoms with Gasteiger partial charge < -0.3 is 15.5 Å². The zero-order valence-electron chi connectivity index (χ0n) is 13.7. The van der Waals surface area contributed by atoms with E-state index in [2.05, 4.69) is 10.6 Å². The second-order valence-electron chi connectivity index (χ2n) is 6.15. The van der Waals surface area contributed by atoms with Crippen LogP contribution in [0.15, 0.2) is 35.7 Å². The molecule has 1 unspecified atom stereocenters. The van der Waals surface area contributed by atoms with Crippen LogP contribution in [0.2, 0.25) is 0 Å². The Hall–Kier alpha value is -2.08. The highest BCUT2D eigenvalue weighted by molar-refractivity contribution is 7.09. The Labute approximate surface area is 145 Å². The van der Waals surface area contributed by atoms with Crippen molar-refractivity contribution < 1.29 is 9.18 Å². The first-order chi connectivity index (χ1) is 11.6. The Morgan fingerprint density at radius 3 is 3.08 bits per heavy atom.